The van der Waals surface area contributed by atoms with E-state index in [1.807, 2.05) is 6.92 Å². The molecule has 27 heavy (non-hydrogen) atoms. The van der Waals surface area contributed by atoms with Crippen molar-refractivity contribution in [2.75, 3.05) is 14.2 Å². The van der Waals surface area contributed by atoms with Crippen LogP contribution in [-0.2, 0) is 41.6 Å². The molecule has 0 atom stereocenters. The predicted octanol–water partition coefficient (Wildman–Crippen LogP) is 1.86. The lowest BCUT2D eigenvalue weighted by Crippen LogP contribution is -2.37. The van der Waals surface area contributed by atoms with Crippen LogP contribution in [0.5, 0.6) is 0 Å². The fraction of sp³-hybridized carbons (Fsp3) is 0.444. The normalized spacial score (nSPS) is 14.7. The molecule has 0 aromatic carbocycles. The van der Waals surface area contributed by atoms with E-state index in [1.54, 1.807) is 19.2 Å². The fourth-order valence-corrected chi connectivity index (χ4v) is 3.53. The zero-order chi connectivity index (χ0) is 20.1. The largest absolute Gasteiger partial charge is 0.466 e. The second kappa shape index (κ2) is 8.81. The van der Waals surface area contributed by atoms with Crippen LogP contribution in [0.2, 0.25) is 0 Å². The van der Waals surface area contributed by atoms with Crippen molar-refractivity contribution < 1.29 is 28.6 Å². The van der Waals surface area contributed by atoms with Crippen molar-refractivity contribution in [2.24, 2.45) is 5.92 Å². The molecule has 0 fully saturated rings. The minimum atomic E-state index is -1.24. The van der Waals surface area contributed by atoms with Crippen LogP contribution < -0.4 is 5.32 Å². The Labute approximate surface area is 161 Å². The number of nitrogens with one attached hydrogen (secondary N) is 1. The summed E-state index contributed by atoms with van der Waals surface area (Å²) in [4.78, 5) is 41.7. The number of thiazole rings is 1. The standard InChI is InChI=1S/C18H22N2O6S/c1-6-12-20-11(8-27-12)7-26-18(23)15-13(16(21)24-4)9(2)19-10(3)14(15)17(22)25-5/h8,15,19H,6-7H2,1-5H3. The molecule has 1 aliphatic rings. The smallest absolute Gasteiger partial charge is 0.336 e. The van der Waals surface area contributed by atoms with Gasteiger partial charge in [-0.3, -0.25) is 4.79 Å². The highest BCUT2D eigenvalue weighted by Gasteiger charge is 2.42. The van der Waals surface area contributed by atoms with Crippen LogP contribution in [0.1, 0.15) is 31.5 Å². The molecule has 0 amide bonds. The van der Waals surface area contributed by atoms with E-state index in [0.29, 0.717) is 17.1 Å². The molecule has 0 unspecified atom stereocenters. The average molecular weight is 394 g/mol. The van der Waals surface area contributed by atoms with E-state index in [-0.39, 0.29) is 17.8 Å². The number of methoxy groups -OCH3 is 2. The first-order chi connectivity index (χ1) is 12.8. The highest BCUT2D eigenvalue weighted by Crippen LogP contribution is 2.32. The number of esters is 3. The molecule has 146 valence electrons. The van der Waals surface area contributed by atoms with Gasteiger partial charge in [0, 0.05) is 16.8 Å². The van der Waals surface area contributed by atoms with Crippen molar-refractivity contribution >= 4 is 29.2 Å². The molecule has 8 nitrogen and oxygen atoms in total. The predicted molar refractivity (Wildman–Crippen MR) is 97.3 cm³/mol. The average Bonchev–Trinajstić information content (AvgIpc) is 3.12. The number of ether oxygens (including phenoxy) is 3. The Morgan fingerprint density at radius 3 is 2.11 bits per heavy atom. The minimum Gasteiger partial charge on any atom is -0.466 e. The number of dihydropyridines is 1. The van der Waals surface area contributed by atoms with Gasteiger partial charge in [-0.05, 0) is 20.3 Å². The third-order valence-corrected chi connectivity index (χ3v) is 5.11. The Kier molecular flexibility index (Phi) is 6.73. The van der Waals surface area contributed by atoms with E-state index in [2.05, 4.69) is 10.3 Å². The molecule has 0 saturated carbocycles. The molecule has 1 aromatic heterocycles. The summed E-state index contributed by atoms with van der Waals surface area (Å²) >= 11 is 1.48. The lowest BCUT2D eigenvalue weighted by Gasteiger charge is -2.28. The SMILES string of the molecule is CCc1nc(COC(=O)C2C(C(=O)OC)=C(C)NC(C)=C2C(=O)OC)cs1. The Balaban J connectivity index is 2.34. The Morgan fingerprint density at radius 2 is 1.67 bits per heavy atom. The minimum absolute atomic E-state index is 0.0148. The Morgan fingerprint density at radius 1 is 1.11 bits per heavy atom. The quantitative estimate of drug-likeness (QED) is 0.576. The van der Waals surface area contributed by atoms with Crippen LogP contribution in [0.15, 0.2) is 27.9 Å². The van der Waals surface area contributed by atoms with Gasteiger partial charge in [-0.25, -0.2) is 14.6 Å². The van der Waals surface area contributed by atoms with E-state index >= 15 is 0 Å². The van der Waals surface area contributed by atoms with Crippen molar-refractivity contribution in [3.8, 4) is 0 Å². The van der Waals surface area contributed by atoms with Gasteiger partial charge in [0.2, 0.25) is 0 Å². The molecule has 1 N–H and O–H groups in total. The van der Waals surface area contributed by atoms with Crippen LogP contribution in [0.4, 0.5) is 0 Å². The summed E-state index contributed by atoms with van der Waals surface area (Å²) in [6.07, 6.45) is 0.787. The second-order valence-electron chi connectivity index (χ2n) is 5.81. The fourth-order valence-electron chi connectivity index (χ4n) is 2.80. The monoisotopic (exact) mass is 394 g/mol. The highest BCUT2D eigenvalue weighted by molar-refractivity contribution is 7.09. The maximum Gasteiger partial charge on any atom is 0.336 e. The first-order valence-electron chi connectivity index (χ1n) is 8.29. The summed E-state index contributed by atoms with van der Waals surface area (Å²) < 4.78 is 14.9. The molecule has 9 heteroatoms. The summed E-state index contributed by atoms with van der Waals surface area (Å²) in [6.45, 7) is 5.17. The molecular weight excluding hydrogens is 372 g/mol. The van der Waals surface area contributed by atoms with Crippen LogP contribution in [-0.4, -0.2) is 37.1 Å². The van der Waals surface area contributed by atoms with Crippen molar-refractivity contribution in [3.63, 3.8) is 0 Å². The number of rotatable bonds is 6. The van der Waals surface area contributed by atoms with Gasteiger partial charge in [-0.1, -0.05) is 6.92 Å². The number of allylic oxidation sites excluding steroid dienone is 2. The lowest BCUT2D eigenvalue weighted by molar-refractivity contribution is -0.152. The van der Waals surface area contributed by atoms with Gasteiger partial charge in [0.15, 0.2) is 0 Å². The molecule has 0 saturated heterocycles. The molecule has 0 aliphatic carbocycles. The van der Waals surface area contributed by atoms with Gasteiger partial charge < -0.3 is 19.5 Å². The van der Waals surface area contributed by atoms with E-state index < -0.39 is 23.8 Å². The lowest BCUT2D eigenvalue weighted by atomic mass is 9.85. The maximum atomic E-state index is 12.8. The second-order valence-corrected chi connectivity index (χ2v) is 6.76. The number of carbonyl (C=O) groups excluding carboxylic acids is 3. The summed E-state index contributed by atoms with van der Waals surface area (Å²) in [7, 11) is 2.41. The van der Waals surface area contributed by atoms with Crippen LogP contribution in [0, 0.1) is 5.92 Å². The zero-order valence-electron chi connectivity index (χ0n) is 15.9. The van der Waals surface area contributed by atoms with Gasteiger partial charge in [0.1, 0.15) is 12.5 Å². The first kappa shape index (κ1) is 20.6. The summed E-state index contributed by atoms with van der Waals surface area (Å²) in [5.41, 5.74) is 1.47. The molecule has 1 aliphatic heterocycles. The molecule has 0 radical (unpaired) electrons. The van der Waals surface area contributed by atoms with Crippen LogP contribution in [0.3, 0.4) is 0 Å². The molecule has 2 heterocycles. The van der Waals surface area contributed by atoms with Gasteiger partial charge in [-0.2, -0.15) is 0 Å². The summed E-state index contributed by atoms with van der Waals surface area (Å²) in [6, 6.07) is 0. The van der Waals surface area contributed by atoms with E-state index in [1.165, 1.54) is 25.6 Å². The summed E-state index contributed by atoms with van der Waals surface area (Å²) in [5, 5.41) is 5.65. The van der Waals surface area contributed by atoms with Crippen molar-refractivity contribution in [2.45, 2.75) is 33.8 Å². The van der Waals surface area contributed by atoms with Crippen molar-refractivity contribution in [1.29, 1.82) is 0 Å². The third-order valence-electron chi connectivity index (χ3n) is 4.07. The number of aryl methyl sites for hydroxylation is 1. The zero-order valence-corrected chi connectivity index (χ0v) is 16.7. The topological polar surface area (TPSA) is 104 Å². The maximum absolute atomic E-state index is 12.8. The number of carbonyl (C=O) groups is 3. The van der Waals surface area contributed by atoms with E-state index in [0.717, 1.165) is 11.4 Å². The Bertz CT molecular complexity index is 786. The highest BCUT2D eigenvalue weighted by atomic mass is 32.1. The number of aromatic nitrogens is 1. The van der Waals surface area contributed by atoms with Gasteiger partial charge >= 0.3 is 17.9 Å². The number of hydrogen-bond acceptors (Lipinski definition) is 9. The number of hydrogen-bond donors (Lipinski definition) is 1. The van der Waals surface area contributed by atoms with Crippen LogP contribution in [0.25, 0.3) is 0 Å². The first-order valence-corrected chi connectivity index (χ1v) is 9.17. The third kappa shape index (κ3) is 4.36. The van der Waals surface area contributed by atoms with E-state index in [9.17, 15) is 14.4 Å². The molecule has 0 spiro atoms. The molecule has 2 rings (SSSR count). The van der Waals surface area contributed by atoms with Gasteiger partial charge in [-0.15, -0.1) is 11.3 Å². The summed E-state index contributed by atoms with van der Waals surface area (Å²) in [5.74, 6) is -3.44. The van der Waals surface area contributed by atoms with Gasteiger partial charge in [0.25, 0.3) is 0 Å². The van der Waals surface area contributed by atoms with Gasteiger partial charge in [0.05, 0.1) is 36.1 Å². The van der Waals surface area contributed by atoms with E-state index in [4.69, 9.17) is 14.2 Å². The molecule has 0 bridgehead atoms. The van der Waals surface area contributed by atoms with Crippen LogP contribution >= 0.6 is 11.3 Å². The Hall–Kier alpha value is -2.68. The molecular formula is C18H22N2O6S. The van der Waals surface area contributed by atoms with Crippen molar-refractivity contribution in [1.82, 2.24) is 10.3 Å². The number of nitrogens with zero attached hydrogens (tertiary/aromatic N) is 1. The van der Waals surface area contributed by atoms with Crippen molar-refractivity contribution in [3.05, 3.63) is 38.6 Å². The molecule has 1 aromatic rings.